The minimum atomic E-state index is -0.455. The van der Waals surface area contributed by atoms with Gasteiger partial charge in [-0.2, -0.15) is 0 Å². The van der Waals surface area contributed by atoms with E-state index in [1.807, 2.05) is 0 Å². The summed E-state index contributed by atoms with van der Waals surface area (Å²) >= 11 is 3.75. The van der Waals surface area contributed by atoms with Gasteiger partial charge in [0.05, 0.1) is 24.0 Å². The molecule has 13 heavy (non-hydrogen) atoms. The van der Waals surface area contributed by atoms with E-state index in [0.717, 1.165) is 12.8 Å². The van der Waals surface area contributed by atoms with Gasteiger partial charge < -0.3 is 10.5 Å². The van der Waals surface area contributed by atoms with Crippen LogP contribution in [0.25, 0.3) is 0 Å². The smallest absolute Gasteiger partial charge is 0.224 e. The largest absolute Gasteiger partial charge is 0.373 e. The highest BCUT2D eigenvalue weighted by Crippen LogP contribution is 2.44. The van der Waals surface area contributed by atoms with Crippen molar-refractivity contribution in [1.82, 2.24) is 0 Å². The predicted octanol–water partition coefficient (Wildman–Crippen LogP) is -0.278. The maximum atomic E-state index is 11.1. The number of carbonyl (C=O) groups is 2. The Morgan fingerprint density at radius 2 is 1.77 bits per heavy atom. The van der Waals surface area contributed by atoms with Gasteiger partial charge in [0.25, 0.3) is 0 Å². The monoisotopic (exact) mass is 201 g/mol. The molecule has 2 aliphatic rings. The maximum absolute atomic E-state index is 11.1. The number of carbonyl (C=O) groups excluding carboxylic acids is 2. The maximum Gasteiger partial charge on any atom is 0.224 e. The van der Waals surface area contributed by atoms with Gasteiger partial charge in [0.2, 0.25) is 5.91 Å². The second kappa shape index (κ2) is 2.99. The molecule has 2 fully saturated rings. The number of ether oxygens (including phenoxy) is 1. The number of primary amides is 1. The van der Waals surface area contributed by atoms with E-state index in [-0.39, 0.29) is 17.3 Å². The summed E-state index contributed by atoms with van der Waals surface area (Å²) in [5.74, 6) is -1.32. The molecule has 4 nitrogen and oxygen atoms in total. The number of hydrogen-bond donors (Lipinski definition) is 2. The SMILES string of the molecule is NC(=O)C1C2CCC(O2)C1C(=O)S. The summed E-state index contributed by atoms with van der Waals surface area (Å²) in [6, 6.07) is 0. The number of amides is 1. The Labute approximate surface area is 81.2 Å². The third-order valence-electron chi connectivity index (χ3n) is 2.89. The molecule has 0 aromatic rings. The van der Waals surface area contributed by atoms with Crippen molar-refractivity contribution < 1.29 is 14.3 Å². The Hall–Kier alpha value is -0.550. The third kappa shape index (κ3) is 1.26. The zero-order valence-corrected chi connectivity index (χ0v) is 7.87. The van der Waals surface area contributed by atoms with Crippen LogP contribution >= 0.6 is 12.6 Å². The van der Waals surface area contributed by atoms with Gasteiger partial charge in [0.15, 0.2) is 5.12 Å². The molecule has 2 rings (SSSR count). The third-order valence-corrected chi connectivity index (χ3v) is 3.19. The van der Waals surface area contributed by atoms with E-state index < -0.39 is 17.7 Å². The Bertz CT molecular complexity index is 242. The van der Waals surface area contributed by atoms with Crippen molar-refractivity contribution >= 4 is 23.7 Å². The van der Waals surface area contributed by atoms with Crippen LogP contribution in [0.4, 0.5) is 0 Å². The second-order valence-electron chi connectivity index (χ2n) is 3.58. The lowest BCUT2D eigenvalue weighted by atomic mass is 9.79. The Morgan fingerprint density at radius 3 is 2.15 bits per heavy atom. The minimum Gasteiger partial charge on any atom is -0.373 e. The summed E-state index contributed by atoms with van der Waals surface area (Å²) in [5, 5.41) is -0.281. The van der Waals surface area contributed by atoms with E-state index in [2.05, 4.69) is 12.6 Å². The van der Waals surface area contributed by atoms with Gasteiger partial charge in [-0.25, -0.2) is 0 Å². The predicted molar refractivity (Wildman–Crippen MR) is 48.1 cm³/mol. The Morgan fingerprint density at radius 1 is 1.23 bits per heavy atom. The molecule has 2 bridgehead atoms. The van der Waals surface area contributed by atoms with Gasteiger partial charge in [-0.15, -0.1) is 12.6 Å². The molecule has 4 atom stereocenters. The first kappa shape index (κ1) is 9.02. The molecule has 72 valence electrons. The number of thiol groups is 1. The summed E-state index contributed by atoms with van der Waals surface area (Å²) < 4.78 is 5.45. The molecule has 0 aromatic heterocycles. The first-order valence-corrected chi connectivity index (χ1v) is 4.73. The fourth-order valence-corrected chi connectivity index (χ4v) is 2.68. The van der Waals surface area contributed by atoms with Crippen LogP contribution in [0.1, 0.15) is 12.8 Å². The summed E-state index contributed by atoms with van der Waals surface area (Å²) in [5.41, 5.74) is 5.21. The van der Waals surface area contributed by atoms with E-state index in [0.29, 0.717) is 0 Å². The average Bonchev–Trinajstić information content (AvgIpc) is 2.60. The van der Waals surface area contributed by atoms with Gasteiger partial charge >= 0.3 is 0 Å². The zero-order chi connectivity index (χ0) is 9.59. The molecule has 2 saturated heterocycles. The molecule has 2 N–H and O–H groups in total. The summed E-state index contributed by atoms with van der Waals surface area (Å²) in [6.07, 6.45) is 1.39. The number of nitrogens with two attached hydrogens (primary N) is 1. The molecule has 1 amide bonds. The number of hydrogen-bond acceptors (Lipinski definition) is 3. The fourth-order valence-electron chi connectivity index (χ4n) is 2.35. The van der Waals surface area contributed by atoms with E-state index in [4.69, 9.17) is 10.5 Å². The molecule has 0 aromatic carbocycles. The molecule has 5 heteroatoms. The molecule has 0 saturated carbocycles. The van der Waals surface area contributed by atoms with Gasteiger partial charge in [-0.3, -0.25) is 9.59 Å². The molecule has 2 aliphatic heterocycles. The average molecular weight is 201 g/mol. The van der Waals surface area contributed by atoms with Gasteiger partial charge in [-0.1, -0.05) is 0 Å². The first-order chi connectivity index (χ1) is 6.11. The Kier molecular flexibility index (Phi) is 2.08. The lowest BCUT2D eigenvalue weighted by Crippen LogP contribution is -2.40. The molecular formula is C8H11NO3S. The van der Waals surface area contributed by atoms with Crippen molar-refractivity contribution in [3.63, 3.8) is 0 Å². The first-order valence-electron chi connectivity index (χ1n) is 4.29. The van der Waals surface area contributed by atoms with Crippen molar-refractivity contribution in [2.24, 2.45) is 17.6 Å². The molecule has 2 heterocycles. The number of fused-ring (bicyclic) bond motifs is 2. The van der Waals surface area contributed by atoms with Crippen LogP contribution < -0.4 is 5.73 Å². The van der Waals surface area contributed by atoms with Crippen LogP contribution in [0.5, 0.6) is 0 Å². The van der Waals surface area contributed by atoms with Crippen molar-refractivity contribution in [2.45, 2.75) is 25.0 Å². The van der Waals surface area contributed by atoms with Crippen LogP contribution in [0.2, 0.25) is 0 Å². The van der Waals surface area contributed by atoms with Gasteiger partial charge in [0, 0.05) is 0 Å². The number of rotatable bonds is 2. The van der Waals surface area contributed by atoms with Crippen molar-refractivity contribution in [1.29, 1.82) is 0 Å². The quantitative estimate of drug-likeness (QED) is 0.604. The summed E-state index contributed by atoms with van der Waals surface area (Å²) in [6.45, 7) is 0. The van der Waals surface area contributed by atoms with Gasteiger partial charge in [-0.05, 0) is 12.8 Å². The topological polar surface area (TPSA) is 69.4 Å². The zero-order valence-electron chi connectivity index (χ0n) is 6.97. The lowest BCUT2D eigenvalue weighted by Gasteiger charge is -2.22. The highest BCUT2D eigenvalue weighted by molar-refractivity contribution is 7.96. The van der Waals surface area contributed by atoms with Crippen LogP contribution in [-0.2, 0) is 14.3 Å². The van der Waals surface area contributed by atoms with E-state index >= 15 is 0 Å². The molecular weight excluding hydrogens is 190 g/mol. The van der Waals surface area contributed by atoms with E-state index in [1.54, 1.807) is 0 Å². The van der Waals surface area contributed by atoms with Crippen molar-refractivity contribution in [2.75, 3.05) is 0 Å². The lowest BCUT2D eigenvalue weighted by molar-refractivity contribution is -0.128. The second-order valence-corrected chi connectivity index (χ2v) is 4.02. The van der Waals surface area contributed by atoms with Crippen molar-refractivity contribution in [3.8, 4) is 0 Å². The van der Waals surface area contributed by atoms with Crippen molar-refractivity contribution in [3.05, 3.63) is 0 Å². The van der Waals surface area contributed by atoms with E-state index in [9.17, 15) is 9.59 Å². The van der Waals surface area contributed by atoms with Crippen LogP contribution in [0, 0.1) is 11.8 Å². The summed E-state index contributed by atoms with van der Waals surface area (Å²) in [4.78, 5) is 22.2. The van der Waals surface area contributed by atoms with Crippen LogP contribution in [0.15, 0.2) is 0 Å². The fraction of sp³-hybridized carbons (Fsp3) is 0.750. The highest BCUT2D eigenvalue weighted by atomic mass is 32.1. The standard InChI is InChI=1S/C8H11NO3S/c9-7(10)5-3-1-2-4(12-3)6(5)8(11)13/h3-6H,1-2H2,(H2,9,10)(H,11,13). The molecule has 4 unspecified atom stereocenters. The molecule has 0 radical (unpaired) electrons. The van der Waals surface area contributed by atoms with Crippen LogP contribution in [0.3, 0.4) is 0 Å². The molecule has 0 aliphatic carbocycles. The normalized spacial score (nSPS) is 42.2. The Balaban J connectivity index is 2.24. The van der Waals surface area contributed by atoms with Crippen LogP contribution in [-0.4, -0.2) is 23.2 Å². The van der Waals surface area contributed by atoms with E-state index in [1.165, 1.54) is 0 Å². The summed E-state index contributed by atoms with van der Waals surface area (Å²) in [7, 11) is 0. The minimum absolute atomic E-state index is 0.132. The highest BCUT2D eigenvalue weighted by Gasteiger charge is 2.53. The molecule has 0 spiro atoms. The van der Waals surface area contributed by atoms with Gasteiger partial charge in [0.1, 0.15) is 0 Å².